The molecule has 2 atom stereocenters. The summed E-state index contributed by atoms with van der Waals surface area (Å²) in [5, 5.41) is 17.8. The molecule has 0 saturated carbocycles. The van der Waals surface area contributed by atoms with Crippen molar-refractivity contribution in [2.45, 2.75) is 46.1 Å². The first-order valence-corrected chi connectivity index (χ1v) is 4.98. The SMILES string of the molecule is CC(C)=CCC[C@H](C)C[C@H](O)CO. The fraction of sp³-hybridized carbons (Fsp3) is 0.818. The average molecular weight is 186 g/mol. The largest absolute Gasteiger partial charge is 0.394 e. The lowest BCUT2D eigenvalue weighted by Crippen LogP contribution is -2.15. The van der Waals surface area contributed by atoms with Gasteiger partial charge in [0.2, 0.25) is 0 Å². The molecule has 0 fully saturated rings. The van der Waals surface area contributed by atoms with Crippen LogP contribution in [-0.2, 0) is 0 Å². The van der Waals surface area contributed by atoms with E-state index in [0.29, 0.717) is 12.3 Å². The van der Waals surface area contributed by atoms with Gasteiger partial charge in [-0.25, -0.2) is 0 Å². The molecular weight excluding hydrogens is 164 g/mol. The van der Waals surface area contributed by atoms with Crippen LogP contribution < -0.4 is 0 Å². The van der Waals surface area contributed by atoms with Crippen molar-refractivity contribution in [3.05, 3.63) is 11.6 Å². The Morgan fingerprint density at radius 3 is 2.46 bits per heavy atom. The lowest BCUT2D eigenvalue weighted by molar-refractivity contribution is 0.0752. The molecule has 2 heteroatoms. The fourth-order valence-corrected chi connectivity index (χ4v) is 1.31. The zero-order chi connectivity index (χ0) is 10.3. The molecule has 0 radical (unpaired) electrons. The number of aliphatic hydroxyl groups is 2. The summed E-state index contributed by atoms with van der Waals surface area (Å²) in [7, 11) is 0. The quantitative estimate of drug-likeness (QED) is 0.624. The lowest BCUT2D eigenvalue weighted by Gasteiger charge is -2.13. The maximum atomic E-state index is 9.17. The van der Waals surface area contributed by atoms with Crippen LogP contribution in [0.1, 0.15) is 40.0 Å². The van der Waals surface area contributed by atoms with Crippen LogP contribution in [0.4, 0.5) is 0 Å². The molecule has 2 N–H and O–H groups in total. The van der Waals surface area contributed by atoms with Crippen molar-refractivity contribution in [2.75, 3.05) is 6.61 Å². The second-order valence-corrected chi connectivity index (χ2v) is 4.04. The molecule has 0 rings (SSSR count). The topological polar surface area (TPSA) is 40.5 Å². The molecule has 0 saturated heterocycles. The minimum absolute atomic E-state index is 0.118. The van der Waals surface area contributed by atoms with Crippen LogP contribution in [0.2, 0.25) is 0 Å². The van der Waals surface area contributed by atoms with E-state index in [9.17, 15) is 5.11 Å². The molecule has 13 heavy (non-hydrogen) atoms. The van der Waals surface area contributed by atoms with Crippen LogP contribution >= 0.6 is 0 Å². The highest BCUT2D eigenvalue weighted by molar-refractivity contribution is 4.92. The lowest BCUT2D eigenvalue weighted by atomic mass is 9.98. The summed E-state index contributed by atoms with van der Waals surface area (Å²) in [4.78, 5) is 0. The number of hydrogen-bond acceptors (Lipinski definition) is 2. The normalized spacial score (nSPS) is 15.2. The minimum atomic E-state index is -0.540. The van der Waals surface area contributed by atoms with E-state index < -0.39 is 6.10 Å². The number of hydrogen-bond donors (Lipinski definition) is 2. The third kappa shape index (κ3) is 8.00. The van der Waals surface area contributed by atoms with Gasteiger partial charge in [-0.1, -0.05) is 18.6 Å². The molecule has 0 unspecified atom stereocenters. The molecule has 0 bridgehead atoms. The second kappa shape index (κ2) is 7.10. The Labute approximate surface area is 81.3 Å². The van der Waals surface area contributed by atoms with Crippen molar-refractivity contribution in [1.29, 1.82) is 0 Å². The molecule has 0 aliphatic heterocycles. The second-order valence-electron chi connectivity index (χ2n) is 4.04. The number of aliphatic hydroxyl groups excluding tert-OH is 2. The van der Waals surface area contributed by atoms with Crippen molar-refractivity contribution in [2.24, 2.45) is 5.92 Å². The summed E-state index contributed by atoms with van der Waals surface area (Å²) in [6.45, 7) is 6.17. The van der Waals surface area contributed by atoms with Gasteiger partial charge in [0.05, 0.1) is 12.7 Å². The summed E-state index contributed by atoms with van der Waals surface area (Å²) in [6, 6.07) is 0. The van der Waals surface area contributed by atoms with E-state index in [1.807, 2.05) is 0 Å². The molecule has 0 aromatic rings. The van der Waals surface area contributed by atoms with E-state index in [2.05, 4.69) is 26.8 Å². The van der Waals surface area contributed by atoms with Crippen molar-refractivity contribution in [3.8, 4) is 0 Å². The third-order valence-electron chi connectivity index (χ3n) is 2.10. The predicted molar refractivity (Wildman–Crippen MR) is 55.5 cm³/mol. The maximum absolute atomic E-state index is 9.17. The fourth-order valence-electron chi connectivity index (χ4n) is 1.31. The third-order valence-corrected chi connectivity index (χ3v) is 2.10. The van der Waals surface area contributed by atoms with Gasteiger partial charge in [-0.3, -0.25) is 0 Å². The Bertz CT molecular complexity index is 148. The van der Waals surface area contributed by atoms with Crippen LogP contribution in [0.5, 0.6) is 0 Å². The molecule has 0 aliphatic rings. The smallest absolute Gasteiger partial charge is 0.0773 e. The van der Waals surface area contributed by atoms with Gasteiger partial charge in [0.15, 0.2) is 0 Å². The summed E-state index contributed by atoms with van der Waals surface area (Å²) >= 11 is 0. The molecule has 0 spiro atoms. The first kappa shape index (κ1) is 12.7. The minimum Gasteiger partial charge on any atom is -0.394 e. The van der Waals surface area contributed by atoms with E-state index in [0.717, 1.165) is 12.8 Å². The van der Waals surface area contributed by atoms with Gasteiger partial charge in [0.25, 0.3) is 0 Å². The molecule has 0 aromatic carbocycles. The van der Waals surface area contributed by atoms with Crippen molar-refractivity contribution < 1.29 is 10.2 Å². The van der Waals surface area contributed by atoms with Crippen LogP contribution in [0, 0.1) is 5.92 Å². The van der Waals surface area contributed by atoms with Gasteiger partial charge in [-0.05, 0) is 39.0 Å². The van der Waals surface area contributed by atoms with Crippen LogP contribution in [0.15, 0.2) is 11.6 Å². The number of allylic oxidation sites excluding steroid dienone is 2. The van der Waals surface area contributed by atoms with Gasteiger partial charge in [-0.2, -0.15) is 0 Å². The predicted octanol–water partition coefficient (Wildman–Crippen LogP) is 2.11. The highest BCUT2D eigenvalue weighted by Crippen LogP contribution is 2.13. The Hall–Kier alpha value is -0.340. The molecule has 0 amide bonds. The van der Waals surface area contributed by atoms with Crippen LogP contribution in [-0.4, -0.2) is 22.9 Å². The Morgan fingerprint density at radius 1 is 1.38 bits per heavy atom. The Kier molecular flexibility index (Phi) is 6.92. The first-order chi connectivity index (χ1) is 6.06. The Morgan fingerprint density at radius 2 is 2.00 bits per heavy atom. The Balaban J connectivity index is 3.51. The van der Waals surface area contributed by atoms with Gasteiger partial charge in [0, 0.05) is 0 Å². The molecule has 0 heterocycles. The monoisotopic (exact) mass is 186 g/mol. The molecule has 78 valence electrons. The van der Waals surface area contributed by atoms with Crippen LogP contribution in [0.3, 0.4) is 0 Å². The summed E-state index contributed by atoms with van der Waals surface area (Å²) in [5.74, 6) is 0.484. The van der Waals surface area contributed by atoms with E-state index in [4.69, 9.17) is 5.11 Å². The molecule has 0 aromatic heterocycles. The maximum Gasteiger partial charge on any atom is 0.0773 e. The highest BCUT2D eigenvalue weighted by atomic mass is 16.3. The average Bonchev–Trinajstić information content (AvgIpc) is 2.03. The van der Waals surface area contributed by atoms with Gasteiger partial charge in [-0.15, -0.1) is 0 Å². The molecule has 0 aliphatic carbocycles. The highest BCUT2D eigenvalue weighted by Gasteiger charge is 2.07. The first-order valence-electron chi connectivity index (χ1n) is 4.98. The standard InChI is InChI=1S/C11H22O2/c1-9(2)5-4-6-10(3)7-11(13)8-12/h5,10-13H,4,6-8H2,1-3H3/t10-,11-/m0/s1. The summed E-state index contributed by atoms with van der Waals surface area (Å²) < 4.78 is 0. The summed E-state index contributed by atoms with van der Waals surface area (Å²) in [5.41, 5.74) is 1.34. The van der Waals surface area contributed by atoms with E-state index in [1.54, 1.807) is 0 Å². The van der Waals surface area contributed by atoms with Crippen LogP contribution in [0.25, 0.3) is 0 Å². The molecule has 2 nitrogen and oxygen atoms in total. The zero-order valence-corrected chi connectivity index (χ0v) is 8.95. The molecular formula is C11H22O2. The van der Waals surface area contributed by atoms with Crippen molar-refractivity contribution in [1.82, 2.24) is 0 Å². The van der Waals surface area contributed by atoms with E-state index in [1.165, 1.54) is 5.57 Å². The number of rotatable bonds is 6. The van der Waals surface area contributed by atoms with E-state index in [-0.39, 0.29) is 6.61 Å². The van der Waals surface area contributed by atoms with Crippen molar-refractivity contribution in [3.63, 3.8) is 0 Å². The zero-order valence-electron chi connectivity index (χ0n) is 8.95. The van der Waals surface area contributed by atoms with Gasteiger partial charge >= 0.3 is 0 Å². The summed E-state index contributed by atoms with van der Waals surface area (Å²) in [6.07, 6.45) is 4.53. The van der Waals surface area contributed by atoms with Gasteiger partial charge in [0.1, 0.15) is 0 Å². The van der Waals surface area contributed by atoms with Crippen molar-refractivity contribution >= 4 is 0 Å². The van der Waals surface area contributed by atoms with Gasteiger partial charge < -0.3 is 10.2 Å². The van der Waals surface area contributed by atoms with E-state index >= 15 is 0 Å².